The van der Waals surface area contributed by atoms with Crippen molar-refractivity contribution in [1.29, 1.82) is 0 Å². The van der Waals surface area contributed by atoms with Crippen LogP contribution < -0.4 is 5.32 Å². The van der Waals surface area contributed by atoms with Gasteiger partial charge in [0.2, 0.25) is 5.91 Å². The van der Waals surface area contributed by atoms with Crippen LogP contribution in [0.5, 0.6) is 0 Å². The molecule has 21 heavy (non-hydrogen) atoms. The van der Waals surface area contributed by atoms with E-state index < -0.39 is 0 Å². The first kappa shape index (κ1) is 16.0. The number of amides is 1. The van der Waals surface area contributed by atoms with Gasteiger partial charge in [0.25, 0.3) is 0 Å². The van der Waals surface area contributed by atoms with Crippen molar-refractivity contribution in [3.63, 3.8) is 0 Å². The number of benzene rings is 1. The molecule has 1 amide bonds. The van der Waals surface area contributed by atoms with Crippen molar-refractivity contribution in [2.75, 3.05) is 11.1 Å². The Morgan fingerprint density at radius 2 is 2.05 bits per heavy atom. The third-order valence-electron chi connectivity index (χ3n) is 2.71. The fraction of sp³-hybridized carbons (Fsp3) is 0.333. The van der Waals surface area contributed by atoms with Crippen molar-refractivity contribution in [2.45, 2.75) is 26.0 Å². The zero-order chi connectivity index (χ0) is 15.4. The van der Waals surface area contributed by atoms with Gasteiger partial charge in [-0.25, -0.2) is 9.37 Å². The molecular weight excluding hydrogens is 307 g/mol. The van der Waals surface area contributed by atoms with E-state index in [1.54, 1.807) is 23.9 Å². The molecule has 2 rings (SSSR count). The number of nitrogens with zero attached hydrogens (tertiary/aromatic N) is 1. The van der Waals surface area contributed by atoms with Crippen LogP contribution in [-0.2, 0) is 4.79 Å². The number of anilines is 1. The second-order valence-corrected chi connectivity index (χ2v) is 7.61. The summed E-state index contributed by atoms with van der Waals surface area (Å²) in [5.74, 6) is 0.0984. The number of carbonyl (C=O) groups excluding carboxylic acids is 1. The van der Waals surface area contributed by atoms with Crippen molar-refractivity contribution in [3.05, 3.63) is 35.0 Å². The molecule has 0 radical (unpaired) electrons. The van der Waals surface area contributed by atoms with Crippen LogP contribution in [0, 0.1) is 12.7 Å². The first-order valence-electron chi connectivity index (χ1n) is 6.60. The van der Waals surface area contributed by atoms with Crippen molar-refractivity contribution >= 4 is 34.1 Å². The van der Waals surface area contributed by atoms with Crippen LogP contribution in [0.15, 0.2) is 24.3 Å². The average Bonchev–Trinajstić information content (AvgIpc) is 2.78. The zero-order valence-electron chi connectivity index (χ0n) is 12.1. The molecule has 112 valence electrons. The van der Waals surface area contributed by atoms with Crippen LogP contribution in [-0.4, -0.2) is 21.9 Å². The highest BCUT2D eigenvalue weighted by molar-refractivity contribution is 8.00. The fourth-order valence-corrected chi connectivity index (χ4v) is 3.13. The molecule has 6 heteroatoms. The summed E-state index contributed by atoms with van der Waals surface area (Å²) in [4.78, 5) is 17.2. The monoisotopic (exact) mass is 324 g/mol. The Morgan fingerprint density at radius 1 is 1.38 bits per heavy atom. The summed E-state index contributed by atoms with van der Waals surface area (Å²) in [5, 5.41) is 3.82. The minimum absolute atomic E-state index is 0.0480. The molecule has 1 heterocycles. The minimum atomic E-state index is -0.272. The Bertz CT molecular complexity index is 623. The lowest BCUT2D eigenvalue weighted by atomic mass is 10.1. The number of hydrogen-bond acceptors (Lipinski definition) is 4. The molecule has 0 saturated carbocycles. The maximum absolute atomic E-state index is 13.0. The number of hydrogen-bond donors (Lipinski definition) is 1. The molecule has 0 aliphatic rings. The molecule has 0 bridgehead atoms. The molecule has 0 unspecified atom stereocenters. The molecule has 0 fully saturated rings. The normalized spacial score (nSPS) is 10.9. The lowest BCUT2D eigenvalue weighted by molar-refractivity contribution is -0.113. The lowest BCUT2D eigenvalue weighted by Gasteiger charge is -2.04. The largest absolute Gasteiger partial charge is 0.301 e. The highest BCUT2D eigenvalue weighted by Crippen LogP contribution is 2.30. The number of carbonyl (C=O) groups is 1. The van der Waals surface area contributed by atoms with E-state index in [0.717, 1.165) is 16.1 Å². The third-order valence-corrected chi connectivity index (χ3v) is 4.69. The Balaban J connectivity index is 2.08. The summed E-state index contributed by atoms with van der Waals surface area (Å²) in [6.07, 6.45) is 0. The summed E-state index contributed by atoms with van der Waals surface area (Å²) in [6.45, 7) is 6.05. The first-order valence-corrected chi connectivity index (χ1v) is 8.47. The van der Waals surface area contributed by atoms with E-state index in [1.165, 1.54) is 23.5 Å². The molecule has 1 N–H and O–H groups in total. The number of halogens is 1. The predicted molar refractivity (Wildman–Crippen MR) is 88.5 cm³/mol. The molecule has 0 saturated heterocycles. The van der Waals surface area contributed by atoms with Gasteiger partial charge in [0.15, 0.2) is 5.13 Å². The summed E-state index contributed by atoms with van der Waals surface area (Å²) >= 11 is 3.02. The quantitative estimate of drug-likeness (QED) is 0.889. The van der Waals surface area contributed by atoms with E-state index in [0.29, 0.717) is 16.1 Å². The third kappa shape index (κ3) is 4.54. The highest BCUT2D eigenvalue weighted by Gasteiger charge is 2.12. The minimum Gasteiger partial charge on any atom is -0.301 e. The van der Waals surface area contributed by atoms with Gasteiger partial charge in [-0.05, 0) is 36.4 Å². The number of aryl methyl sites for hydroxylation is 1. The number of rotatable bonds is 5. The molecule has 0 aliphatic heterocycles. The van der Waals surface area contributed by atoms with E-state index in [9.17, 15) is 9.18 Å². The maximum Gasteiger partial charge on any atom is 0.236 e. The van der Waals surface area contributed by atoms with Crippen molar-refractivity contribution in [2.24, 2.45) is 0 Å². The number of thioether (sulfide) groups is 1. The Hall–Kier alpha value is -1.40. The summed E-state index contributed by atoms with van der Waals surface area (Å²) in [5.41, 5.74) is 1.63. The van der Waals surface area contributed by atoms with Gasteiger partial charge in [-0.2, -0.15) is 0 Å². The van der Waals surface area contributed by atoms with Gasteiger partial charge < -0.3 is 5.32 Å². The number of aromatic nitrogens is 1. The van der Waals surface area contributed by atoms with Gasteiger partial charge in [0.1, 0.15) is 5.82 Å². The van der Waals surface area contributed by atoms with Crippen molar-refractivity contribution in [3.8, 4) is 11.3 Å². The van der Waals surface area contributed by atoms with Crippen LogP contribution in [0.1, 0.15) is 18.7 Å². The van der Waals surface area contributed by atoms with Crippen molar-refractivity contribution < 1.29 is 9.18 Å². The second kappa shape index (κ2) is 7.04. The van der Waals surface area contributed by atoms with Crippen LogP contribution in [0.4, 0.5) is 9.52 Å². The van der Waals surface area contributed by atoms with E-state index in [4.69, 9.17) is 0 Å². The first-order chi connectivity index (χ1) is 9.95. The smallest absolute Gasteiger partial charge is 0.236 e. The summed E-state index contributed by atoms with van der Waals surface area (Å²) in [6, 6.07) is 6.20. The van der Waals surface area contributed by atoms with Gasteiger partial charge in [0, 0.05) is 10.4 Å². The van der Waals surface area contributed by atoms with E-state index in [-0.39, 0.29) is 11.7 Å². The van der Waals surface area contributed by atoms with Gasteiger partial charge in [-0.1, -0.05) is 13.8 Å². The molecule has 1 aromatic carbocycles. The van der Waals surface area contributed by atoms with Crippen LogP contribution in [0.2, 0.25) is 0 Å². The van der Waals surface area contributed by atoms with Gasteiger partial charge >= 0.3 is 0 Å². The number of nitrogens with one attached hydrogen (secondary N) is 1. The summed E-state index contributed by atoms with van der Waals surface area (Å²) < 4.78 is 13.0. The maximum atomic E-state index is 13.0. The van der Waals surface area contributed by atoms with E-state index in [2.05, 4.69) is 24.1 Å². The van der Waals surface area contributed by atoms with Gasteiger partial charge in [-0.15, -0.1) is 23.1 Å². The van der Waals surface area contributed by atoms with Gasteiger partial charge in [0.05, 0.1) is 11.4 Å². The second-order valence-electron chi connectivity index (χ2n) is 4.84. The lowest BCUT2D eigenvalue weighted by Crippen LogP contribution is -2.15. The standard InChI is InChI=1S/C15H17FN2OS2/c1-9(2)20-8-13(19)17-15-18-14(10(3)21-15)11-4-6-12(16)7-5-11/h4-7,9H,8H2,1-3H3,(H,17,18,19). The molecule has 3 nitrogen and oxygen atoms in total. The highest BCUT2D eigenvalue weighted by atomic mass is 32.2. The van der Waals surface area contributed by atoms with E-state index >= 15 is 0 Å². The van der Waals surface area contributed by atoms with Gasteiger partial charge in [-0.3, -0.25) is 4.79 Å². The van der Waals surface area contributed by atoms with Crippen LogP contribution in [0.25, 0.3) is 11.3 Å². The average molecular weight is 324 g/mol. The Labute approximate surface area is 132 Å². The molecule has 0 atom stereocenters. The van der Waals surface area contributed by atoms with E-state index in [1.807, 2.05) is 6.92 Å². The van der Waals surface area contributed by atoms with Crippen molar-refractivity contribution in [1.82, 2.24) is 4.98 Å². The summed E-state index contributed by atoms with van der Waals surface area (Å²) in [7, 11) is 0. The van der Waals surface area contributed by atoms with Crippen LogP contribution >= 0.6 is 23.1 Å². The molecular formula is C15H17FN2OS2. The van der Waals surface area contributed by atoms with Crippen LogP contribution in [0.3, 0.4) is 0 Å². The molecule has 1 aromatic heterocycles. The molecule has 0 spiro atoms. The Morgan fingerprint density at radius 3 is 2.67 bits per heavy atom. The zero-order valence-corrected chi connectivity index (χ0v) is 13.8. The topological polar surface area (TPSA) is 42.0 Å². The molecule has 0 aliphatic carbocycles. The number of thiazole rings is 1. The predicted octanol–water partition coefficient (Wildman–Crippen LogP) is 4.34. The molecule has 2 aromatic rings. The SMILES string of the molecule is Cc1sc(NC(=O)CSC(C)C)nc1-c1ccc(F)cc1. The fourth-order valence-electron chi connectivity index (χ4n) is 1.72. The Kier molecular flexibility index (Phi) is 5.36.